The Bertz CT molecular complexity index is 1190. The van der Waals surface area contributed by atoms with Gasteiger partial charge in [-0.05, 0) is 30.3 Å². The molecule has 0 amide bonds. The summed E-state index contributed by atoms with van der Waals surface area (Å²) in [6.45, 7) is 0. The fourth-order valence-corrected chi connectivity index (χ4v) is 4.00. The van der Waals surface area contributed by atoms with Gasteiger partial charge in [-0.3, -0.25) is 9.36 Å². The Morgan fingerprint density at radius 1 is 0.704 bits per heavy atom. The third kappa shape index (κ3) is 2.61. The van der Waals surface area contributed by atoms with Crippen molar-refractivity contribution >= 4 is 37.8 Å². The van der Waals surface area contributed by atoms with E-state index in [1.807, 2.05) is 72.8 Å². The Kier molecular flexibility index (Phi) is 3.88. The molecular formula is C22H12Br2N2O. The van der Waals surface area contributed by atoms with Crippen LogP contribution in [0.4, 0.5) is 0 Å². The molecule has 0 unspecified atom stereocenters. The van der Waals surface area contributed by atoms with E-state index in [9.17, 15) is 4.79 Å². The fourth-order valence-electron chi connectivity index (χ4n) is 3.47. The van der Waals surface area contributed by atoms with Crippen molar-refractivity contribution < 1.29 is 4.79 Å². The highest BCUT2D eigenvalue weighted by molar-refractivity contribution is 9.10. The second-order valence-corrected chi connectivity index (χ2v) is 8.16. The quantitative estimate of drug-likeness (QED) is 0.293. The second-order valence-electron chi connectivity index (χ2n) is 6.33. The van der Waals surface area contributed by atoms with Crippen LogP contribution in [0.15, 0.2) is 81.7 Å². The zero-order valence-corrected chi connectivity index (χ0v) is 17.2. The van der Waals surface area contributed by atoms with Crippen LogP contribution in [0.25, 0.3) is 33.9 Å². The number of imidazole rings is 1. The standard InChI is InChI=1S/C22H12Br2N2O/c23-15-9-5-13(6-10-15)19-20(14-7-11-16(24)12-8-14)26-21(25-19)17-3-1-2-4-18(17)22(26)27/h1-12H. The number of benzene rings is 3. The maximum atomic E-state index is 13.2. The van der Waals surface area contributed by atoms with Crippen LogP contribution in [0.1, 0.15) is 10.4 Å². The molecule has 0 radical (unpaired) electrons. The third-order valence-corrected chi connectivity index (χ3v) is 5.77. The minimum absolute atomic E-state index is 0.0330. The first kappa shape index (κ1) is 16.7. The molecule has 0 spiro atoms. The van der Waals surface area contributed by atoms with E-state index in [4.69, 9.17) is 4.98 Å². The van der Waals surface area contributed by atoms with Gasteiger partial charge in [-0.1, -0.05) is 74.3 Å². The lowest BCUT2D eigenvalue weighted by atomic mass is 10.0. The zero-order valence-electron chi connectivity index (χ0n) is 14.0. The Morgan fingerprint density at radius 2 is 1.26 bits per heavy atom. The molecule has 5 heteroatoms. The molecule has 0 aliphatic carbocycles. The Balaban J connectivity index is 1.82. The van der Waals surface area contributed by atoms with E-state index in [-0.39, 0.29) is 5.91 Å². The summed E-state index contributed by atoms with van der Waals surface area (Å²) in [6.07, 6.45) is 0. The predicted octanol–water partition coefficient (Wildman–Crippen LogP) is 6.41. The molecule has 130 valence electrons. The van der Waals surface area contributed by atoms with Gasteiger partial charge in [0.05, 0.1) is 17.0 Å². The smallest absolute Gasteiger partial charge is 0.264 e. The van der Waals surface area contributed by atoms with Crippen LogP contribution < -0.4 is 0 Å². The molecule has 4 aromatic rings. The molecule has 0 bridgehead atoms. The number of nitrogens with zero attached hydrogens (tertiary/aromatic N) is 2. The van der Waals surface area contributed by atoms with Gasteiger partial charge in [0, 0.05) is 25.6 Å². The van der Waals surface area contributed by atoms with Crippen LogP contribution in [0, 0.1) is 0 Å². The number of halogens is 2. The van der Waals surface area contributed by atoms with Crippen LogP contribution in [0.5, 0.6) is 0 Å². The average Bonchev–Trinajstić information content (AvgIpc) is 3.20. The molecule has 0 atom stereocenters. The van der Waals surface area contributed by atoms with E-state index in [1.165, 1.54) is 0 Å². The highest BCUT2D eigenvalue weighted by atomic mass is 79.9. The summed E-state index contributed by atoms with van der Waals surface area (Å²) >= 11 is 6.96. The highest BCUT2D eigenvalue weighted by Gasteiger charge is 2.33. The number of aromatic nitrogens is 2. The summed E-state index contributed by atoms with van der Waals surface area (Å²) in [6, 6.07) is 23.6. The Morgan fingerprint density at radius 3 is 1.89 bits per heavy atom. The van der Waals surface area contributed by atoms with Crippen molar-refractivity contribution in [3.63, 3.8) is 0 Å². The van der Waals surface area contributed by atoms with Crippen molar-refractivity contribution in [3.05, 3.63) is 87.3 Å². The molecule has 0 fully saturated rings. The van der Waals surface area contributed by atoms with Crippen LogP contribution >= 0.6 is 31.9 Å². The van der Waals surface area contributed by atoms with Gasteiger partial charge in [-0.2, -0.15) is 0 Å². The number of hydrogen-bond acceptors (Lipinski definition) is 2. The van der Waals surface area contributed by atoms with Crippen LogP contribution in [0.2, 0.25) is 0 Å². The molecule has 3 aromatic carbocycles. The van der Waals surface area contributed by atoms with E-state index in [2.05, 4.69) is 31.9 Å². The number of carbonyl (C=O) groups excluding carboxylic acids is 1. The largest absolute Gasteiger partial charge is 0.268 e. The summed E-state index contributed by atoms with van der Waals surface area (Å²) in [5.41, 5.74) is 5.13. The minimum Gasteiger partial charge on any atom is -0.268 e. The summed E-state index contributed by atoms with van der Waals surface area (Å²) in [5.74, 6) is 0.667. The molecule has 5 rings (SSSR count). The topological polar surface area (TPSA) is 34.9 Å². The first-order valence-electron chi connectivity index (χ1n) is 8.42. The van der Waals surface area contributed by atoms with E-state index in [0.29, 0.717) is 11.4 Å². The molecule has 2 heterocycles. The first-order valence-corrected chi connectivity index (χ1v) is 10.0. The number of fused-ring (bicyclic) bond motifs is 3. The lowest BCUT2D eigenvalue weighted by Crippen LogP contribution is -2.08. The molecule has 0 saturated carbocycles. The van der Waals surface area contributed by atoms with Crippen molar-refractivity contribution in [1.82, 2.24) is 9.55 Å². The SMILES string of the molecule is O=C1c2ccccc2-c2nc(-c3ccc(Br)cc3)c(-c3ccc(Br)cc3)n21. The van der Waals surface area contributed by atoms with Crippen molar-refractivity contribution in [2.45, 2.75) is 0 Å². The number of carbonyl (C=O) groups is 1. The van der Waals surface area contributed by atoms with Crippen molar-refractivity contribution in [3.8, 4) is 33.9 Å². The van der Waals surface area contributed by atoms with Gasteiger partial charge < -0.3 is 0 Å². The molecule has 1 aliphatic heterocycles. The summed E-state index contributed by atoms with van der Waals surface area (Å²) in [7, 11) is 0. The summed E-state index contributed by atoms with van der Waals surface area (Å²) in [5, 5.41) is 0. The van der Waals surface area contributed by atoms with E-state index in [1.54, 1.807) is 4.57 Å². The van der Waals surface area contributed by atoms with Gasteiger partial charge in [0.1, 0.15) is 5.82 Å². The molecule has 0 saturated heterocycles. The van der Waals surface area contributed by atoms with Crippen LogP contribution in [-0.4, -0.2) is 15.5 Å². The van der Waals surface area contributed by atoms with Crippen LogP contribution in [-0.2, 0) is 0 Å². The van der Waals surface area contributed by atoms with Gasteiger partial charge in [-0.15, -0.1) is 0 Å². The average molecular weight is 480 g/mol. The minimum atomic E-state index is -0.0330. The normalized spacial score (nSPS) is 12.1. The molecule has 27 heavy (non-hydrogen) atoms. The number of rotatable bonds is 2. The van der Waals surface area contributed by atoms with Crippen molar-refractivity contribution in [2.75, 3.05) is 0 Å². The monoisotopic (exact) mass is 478 g/mol. The lowest BCUT2D eigenvalue weighted by Gasteiger charge is -2.08. The second kappa shape index (κ2) is 6.29. The third-order valence-electron chi connectivity index (χ3n) is 4.71. The molecule has 0 N–H and O–H groups in total. The summed E-state index contributed by atoms with van der Waals surface area (Å²) in [4.78, 5) is 18.1. The Hall–Kier alpha value is -2.50. The van der Waals surface area contributed by atoms with E-state index >= 15 is 0 Å². The maximum absolute atomic E-state index is 13.2. The number of hydrogen-bond donors (Lipinski definition) is 0. The molecule has 1 aromatic heterocycles. The first-order chi connectivity index (χ1) is 13.1. The van der Waals surface area contributed by atoms with E-state index in [0.717, 1.165) is 37.0 Å². The highest BCUT2D eigenvalue weighted by Crippen LogP contribution is 2.41. The molecule has 3 nitrogen and oxygen atoms in total. The summed E-state index contributed by atoms with van der Waals surface area (Å²) < 4.78 is 3.74. The van der Waals surface area contributed by atoms with Gasteiger partial charge >= 0.3 is 0 Å². The van der Waals surface area contributed by atoms with Crippen LogP contribution in [0.3, 0.4) is 0 Å². The molecule has 1 aliphatic rings. The van der Waals surface area contributed by atoms with Crippen molar-refractivity contribution in [1.29, 1.82) is 0 Å². The van der Waals surface area contributed by atoms with Gasteiger partial charge in [0.15, 0.2) is 0 Å². The van der Waals surface area contributed by atoms with E-state index < -0.39 is 0 Å². The molecular weight excluding hydrogens is 468 g/mol. The van der Waals surface area contributed by atoms with Crippen molar-refractivity contribution in [2.24, 2.45) is 0 Å². The maximum Gasteiger partial charge on any atom is 0.264 e. The zero-order chi connectivity index (χ0) is 18.5. The van der Waals surface area contributed by atoms with Gasteiger partial charge in [-0.25, -0.2) is 4.98 Å². The predicted molar refractivity (Wildman–Crippen MR) is 114 cm³/mol. The van der Waals surface area contributed by atoms with Gasteiger partial charge in [0.2, 0.25) is 0 Å². The Labute approximate surface area is 172 Å². The fraction of sp³-hybridized carbons (Fsp3) is 0. The van der Waals surface area contributed by atoms with Gasteiger partial charge in [0.25, 0.3) is 5.91 Å². The lowest BCUT2D eigenvalue weighted by molar-refractivity contribution is 0.0971.